The van der Waals surface area contributed by atoms with Gasteiger partial charge in [-0.2, -0.15) is 0 Å². The SMILES string of the molecule is CCCCN(C)C(=O)CCS(=O)(=O)N(C)c1ccccc1. The van der Waals surface area contributed by atoms with Crippen LogP contribution in [0.3, 0.4) is 0 Å². The fourth-order valence-electron chi connectivity index (χ4n) is 1.86. The number of nitrogens with zero attached hydrogens (tertiary/aromatic N) is 2. The highest BCUT2D eigenvalue weighted by atomic mass is 32.2. The topological polar surface area (TPSA) is 57.7 Å². The van der Waals surface area contributed by atoms with Crippen molar-refractivity contribution in [1.82, 2.24) is 4.90 Å². The third-order valence-corrected chi connectivity index (χ3v) is 5.15. The number of amides is 1. The van der Waals surface area contributed by atoms with E-state index in [1.807, 2.05) is 6.07 Å². The predicted octanol–water partition coefficient (Wildman–Crippen LogP) is 2.10. The molecular formula is C15H24N2O3S. The standard InChI is InChI=1S/C15H24N2O3S/c1-4-5-12-16(2)15(18)11-13-21(19,20)17(3)14-9-7-6-8-10-14/h6-10H,4-5,11-13H2,1-3H3. The van der Waals surface area contributed by atoms with Gasteiger partial charge in [-0.05, 0) is 18.6 Å². The van der Waals surface area contributed by atoms with Gasteiger partial charge in [-0.25, -0.2) is 8.42 Å². The minimum atomic E-state index is -3.48. The molecule has 0 aliphatic heterocycles. The number of para-hydroxylation sites is 1. The van der Waals surface area contributed by atoms with E-state index < -0.39 is 10.0 Å². The predicted molar refractivity (Wildman–Crippen MR) is 85.8 cm³/mol. The van der Waals surface area contributed by atoms with Gasteiger partial charge in [0.05, 0.1) is 11.4 Å². The summed E-state index contributed by atoms with van der Waals surface area (Å²) < 4.78 is 25.7. The van der Waals surface area contributed by atoms with Gasteiger partial charge >= 0.3 is 0 Å². The molecule has 0 radical (unpaired) electrons. The molecule has 0 saturated carbocycles. The van der Waals surface area contributed by atoms with Crippen LogP contribution in [0.25, 0.3) is 0 Å². The Hall–Kier alpha value is -1.56. The molecule has 0 fully saturated rings. The van der Waals surface area contributed by atoms with Crippen molar-refractivity contribution in [2.75, 3.05) is 30.7 Å². The summed E-state index contributed by atoms with van der Waals surface area (Å²) >= 11 is 0. The number of anilines is 1. The number of benzene rings is 1. The fraction of sp³-hybridized carbons (Fsp3) is 0.533. The van der Waals surface area contributed by atoms with Crippen molar-refractivity contribution in [2.45, 2.75) is 26.2 Å². The molecule has 0 bridgehead atoms. The Morgan fingerprint density at radius 2 is 1.76 bits per heavy atom. The number of unbranched alkanes of at least 4 members (excludes halogenated alkanes) is 1. The molecule has 21 heavy (non-hydrogen) atoms. The van der Waals surface area contributed by atoms with Crippen molar-refractivity contribution >= 4 is 21.6 Å². The molecule has 0 unspecified atom stereocenters. The Morgan fingerprint density at radius 1 is 1.14 bits per heavy atom. The van der Waals surface area contributed by atoms with Crippen molar-refractivity contribution in [3.05, 3.63) is 30.3 Å². The molecule has 0 aromatic heterocycles. The molecule has 1 rings (SSSR count). The lowest BCUT2D eigenvalue weighted by Gasteiger charge is -2.21. The summed E-state index contributed by atoms with van der Waals surface area (Å²) in [5, 5.41) is 0. The van der Waals surface area contributed by atoms with Crippen molar-refractivity contribution in [2.24, 2.45) is 0 Å². The molecule has 0 spiro atoms. The highest BCUT2D eigenvalue weighted by molar-refractivity contribution is 7.92. The molecular weight excluding hydrogens is 288 g/mol. The van der Waals surface area contributed by atoms with Crippen LogP contribution >= 0.6 is 0 Å². The molecule has 0 saturated heterocycles. The minimum absolute atomic E-state index is 0.0136. The van der Waals surface area contributed by atoms with Crippen LogP contribution in [-0.4, -0.2) is 45.6 Å². The fourth-order valence-corrected chi connectivity index (χ4v) is 3.01. The van der Waals surface area contributed by atoms with Crippen molar-refractivity contribution in [3.8, 4) is 0 Å². The van der Waals surface area contributed by atoms with Gasteiger partial charge < -0.3 is 4.90 Å². The smallest absolute Gasteiger partial charge is 0.235 e. The third-order valence-electron chi connectivity index (χ3n) is 3.38. The Bertz CT molecular complexity index is 543. The van der Waals surface area contributed by atoms with Gasteiger partial charge in [0.1, 0.15) is 0 Å². The zero-order valence-electron chi connectivity index (χ0n) is 12.9. The van der Waals surface area contributed by atoms with Gasteiger partial charge in [0.25, 0.3) is 0 Å². The largest absolute Gasteiger partial charge is 0.346 e. The van der Waals surface area contributed by atoms with E-state index in [1.54, 1.807) is 36.2 Å². The van der Waals surface area contributed by atoms with E-state index in [-0.39, 0.29) is 18.1 Å². The zero-order chi connectivity index (χ0) is 15.9. The van der Waals surface area contributed by atoms with Gasteiger partial charge in [-0.15, -0.1) is 0 Å². The first-order chi connectivity index (χ1) is 9.88. The van der Waals surface area contributed by atoms with Gasteiger partial charge in [-0.3, -0.25) is 9.10 Å². The molecule has 0 aliphatic carbocycles. The molecule has 0 N–H and O–H groups in total. The van der Waals surface area contributed by atoms with E-state index >= 15 is 0 Å². The van der Waals surface area contributed by atoms with E-state index in [1.165, 1.54) is 11.4 Å². The minimum Gasteiger partial charge on any atom is -0.346 e. The van der Waals surface area contributed by atoms with Crippen molar-refractivity contribution in [3.63, 3.8) is 0 Å². The molecule has 0 atom stereocenters. The molecule has 118 valence electrons. The van der Waals surface area contributed by atoms with Gasteiger partial charge in [0.15, 0.2) is 0 Å². The monoisotopic (exact) mass is 312 g/mol. The summed E-state index contributed by atoms with van der Waals surface area (Å²) in [5.74, 6) is -0.304. The average Bonchev–Trinajstić information content (AvgIpc) is 2.50. The number of hydrogen-bond donors (Lipinski definition) is 0. The highest BCUT2D eigenvalue weighted by Crippen LogP contribution is 2.16. The Morgan fingerprint density at radius 3 is 2.33 bits per heavy atom. The van der Waals surface area contributed by atoms with Crippen LogP contribution in [-0.2, 0) is 14.8 Å². The number of rotatable bonds is 8. The first kappa shape index (κ1) is 17.5. The highest BCUT2D eigenvalue weighted by Gasteiger charge is 2.20. The molecule has 6 heteroatoms. The van der Waals surface area contributed by atoms with Crippen LogP contribution in [0.15, 0.2) is 30.3 Å². The second-order valence-corrected chi connectivity index (χ2v) is 7.16. The molecule has 1 aromatic rings. The van der Waals surface area contributed by atoms with E-state index in [0.29, 0.717) is 12.2 Å². The quantitative estimate of drug-likeness (QED) is 0.738. The van der Waals surface area contributed by atoms with Gasteiger partial charge in [0, 0.05) is 27.1 Å². The van der Waals surface area contributed by atoms with Crippen LogP contribution in [0.2, 0.25) is 0 Å². The maximum atomic E-state index is 12.2. The third kappa shape index (κ3) is 5.38. The normalized spacial score (nSPS) is 11.2. The summed E-state index contributed by atoms with van der Waals surface area (Å²) in [6.45, 7) is 2.72. The Balaban J connectivity index is 2.59. The zero-order valence-corrected chi connectivity index (χ0v) is 13.8. The van der Waals surface area contributed by atoms with E-state index in [0.717, 1.165) is 12.8 Å². The van der Waals surface area contributed by atoms with Gasteiger partial charge in [-0.1, -0.05) is 31.5 Å². The van der Waals surface area contributed by atoms with Gasteiger partial charge in [0.2, 0.25) is 15.9 Å². The Labute approximate surface area is 127 Å². The maximum absolute atomic E-state index is 12.2. The molecule has 0 heterocycles. The van der Waals surface area contributed by atoms with E-state index in [9.17, 15) is 13.2 Å². The first-order valence-corrected chi connectivity index (χ1v) is 8.75. The number of hydrogen-bond acceptors (Lipinski definition) is 3. The summed E-state index contributed by atoms with van der Waals surface area (Å²) in [5.41, 5.74) is 0.601. The number of carbonyl (C=O) groups excluding carboxylic acids is 1. The summed E-state index contributed by atoms with van der Waals surface area (Å²) in [7, 11) is -0.253. The summed E-state index contributed by atoms with van der Waals surface area (Å²) in [6, 6.07) is 8.85. The first-order valence-electron chi connectivity index (χ1n) is 7.14. The number of carbonyl (C=O) groups is 1. The summed E-state index contributed by atoms with van der Waals surface area (Å²) in [4.78, 5) is 13.5. The molecule has 5 nitrogen and oxygen atoms in total. The van der Waals surface area contributed by atoms with Crippen LogP contribution in [0.1, 0.15) is 26.2 Å². The lowest BCUT2D eigenvalue weighted by atomic mass is 10.3. The molecule has 1 amide bonds. The molecule has 0 aliphatic rings. The Kier molecular flexibility index (Phi) is 6.68. The molecule has 1 aromatic carbocycles. The van der Waals surface area contributed by atoms with E-state index in [2.05, 4.69) is 6.92 Å². The lowest BCUT2D eigenvalue weighted by molar-refractivity contribution is -0.129. The summed E-state index contributed by atoms with van der Waals surface area (Å²) in [6.07, 6.45) is 1.95. The second-order valence-electron chi connectivity index (χ2n) is 5.04. The van der Waals surface area contributed by atoms with Crippen LogP contribution < -0.4 is 4.31 Å². The van der Waals surface area contributed by atoms with Crippen LogP contribution in [0.4, 0.5) is 5.69 Å². The van der Waals surface area contributed by atoms with Crippen molar-refractivity contribution < 1.29 is 13.2 Å². The van der Waals surface area contributed by atoms with Crippen LogP contribution in [0, 0.1) is 0 Å². The second kappa shape index (κ2) is 8.02. The maximum Gasteiger partial charge on any atom is 0.235 e. The van der Waals surface area contributed by atoms with E-state index in [4.69, 9.17) is 0 Å². The lowest BCUT2D eigenvalue weighted by Crippen LogP contribution is -2.33. The van der Waals surface area contributed by atoms with Crippen molar-refractivity contribution in [1.29, 1.82) is 0 Å². The number of sulfonamides is 1. The average molecular weight is 312 g/mol. The van der Waals surface area contributed by atoms with Crippen LogP contribution in [0.5, 0.6) is 0 Å².